The Balaban J connectivity index is 1.22. The maximum absolute atomic E-state index is 11.8. The Morgan fingerprint density at radius 1 is 1.29 bits per heavy atom. The summed E-state index contributed by atoms with van der Waals surface area (Å²) < 4.78 is 7.58. The molecule has 1 aliphatic heterocycles. The van der Waals surface area contributed by atoms with Crippen LogP contribution >= 0.6 is 0 Å². The fourth-order valence-corrected chi connectivity index (χ4v) is 4.99. The molecule has 0 unspecified atom stereocenters. The van der Waals surface area contributed by atoms with Crippen molar-refractivity contribution in [1.29, 1.82) is 0 Å². The van der Waals surface area contributed by atoms with E-state index in [4.69, 9.17) is 4.74 Å². The summed E-state index contributed by atoms with van der Waals surface area (Å²) in [5.74, 6) is 1.19. The SMILES string of the molecule is CC(C)(C)OC(=O)NCC12CC(CN3CCn4ccnc4C3)(C1)C2. The van der Waals surface area contributed by atoms with E-state index in [1.807, 2.05) is 27.0 Å². The summed E-state index contributed by atoms with van der Waals surface area (Å²) in [7, 11) is 0. The van der Waals surface area contributed by atoms with E-state index in [9.17, 15) is 4.79 Å². The molecule has 5 rings (SSSR count). The average Bonchev–Trinajstić information content (AvgIpc) is 2.85. The van der Waals surface area contributed by atoms with Gasteiger partial charge in [0, 0.05) is 38.6 Å². The van der Waals surface area contributed by atoms with Crippen LogP contribution in [-0.4, -0.2) is 45.8 Å². The highest BCUT2D eigenvalue weighted by Crippen LogP contribution is 2.73. The van der Waals surface area contributed by atoms with Crippen molar-refractivity contribution in [2.75, 3.05) is 19.6 Å². The van der Waals surface area contributed by atoms with Crippen molar-refractivity contribution in [1.82, 2.24) is 19.8 Å². The molecule has 1 aromatic rings. The third kappa shape index (κ3) is 2.92. The second-order valence-corrected chi connectivity index (χ2v) is 9.13. The lowest BCUT2D eigenvalue weighted by Gasteiger charge is -2.72. The van der Waals surface area contributed by atoms with Gasteiger partial charge >= 0.3 is 6.09 Å². The molecular formula is C18H28N4O2. The monoisotopic (exact) mass is 332 g/mol. The Bertz CT molecular complexity index is 626. The van der Waals surface area contributed by atoms with Crippen molar-refractivity contribution in [2.24, 2.45) is 10.8 Å². The molecular weight excluding hydrogens is 304 g/mol. The van der Waals surface area contributed by atoms with Crippen molar-refractivity contribution in [3.05, 3.63) is 18.2 Å². The van der Waals surface area contributed by atoms with Crippen LogP contribution in [0, 0.1) is 10.8 Å². The van der Waals surface area contributed by atoms with Crippen LogP contribution in [0.3, 0.4) is 0 Å². The zero-order valence-corrected chi connectivity index (χ0v) is 15.0. The van der Waals surface area contributed by atoms with Crippen LogP contribution in [0.15, 0.2) is 12.4 Å². The van der Waals surface area contributed by atoms with Gasteiger partial charge < -0.3 is 14.6 Å². The van der Waals surface area contributed by atoms with Crippen LogP contribution < -0.4 is 5.32 Å². The van der Waals surface area contributed by atoms with E-state index in [-0.39, 0.29) is 6.09 Å². The Morgan fingerprint density at radius 3 is 2.75 bits per heavy atom. The molecule has 0 radical (unpaired) electrons. The second kappa shape index (κ2) is 5.22. The summed E-state index contributed by atoms with van der Waals surface area (Å²) in [5, 5.41) is 2.96. The maximum atomic E-state index is 11.8. The van der Waals surface area contributed by atoms with Gasteiger partial charge in [-0.1, -0.05) is 0 Å². The van der Waals surface area contributed by atoms with Gasteiger partial charge in [0.2, 0.25) is 0 Å². The van der Waals surface area contributed by atoms with Gasteiger partial charge in [0.05, 0.1) is 6.54 Å². The van der Waals surface area contributed by atoms with Gasteiger partial charge in [-0.25, -0.2) is 9.78 Å². The number of imidazole rings is 1. The zero-order valence-electron chi connectivity index (χ0n) is 15.0. The van der Waals surface area contributed by atoms with Gasteiger partial charge in [0.1, 0.15) is 11.4 Å². The summed E-state index contributed by atoms with van der Waals surface area (Å²) in [6.07, 6.45) is 7.40. The molecule has 3 aliphatic carbocycles. The molecule has 2 heterocycles. The van der Waals surface area contributed by atoms with Crippen LogP contribution in [0.1, 0.15) is 45.9 Å². The summed E-state index contributed by atoms with van der Waals surface area (Å²) >= 11 is 0. The molecule has 6 heteroatoms. The third-order valence-corrected chi connectivity index (χ3v) is 5.64. The smallest absolute Gasteiger partial charge is 0.407 e. The number of carbonyl (C=O) groups is 1. The summed E-state index contributed by atoms with van der Waals surface area (Å²) in [6, 6.07) is 0. The first-order valence-corrected chi connectivity index (χ1v) is 8.96. The van der Waals surface area contributed by atoms with Crippen molar-refractivity contribution in [3.8, 4) is 0 Å². The van der Waals surface area contributed by atoms with Gasteiger partial charge in [-0.2, -0.15) is 0 Å². The number of hydrogen-bond donors (Lipinski definition) is 1. The molecule has 0 saturated heterocycles. The second-order valence-electron chi connectivity index (χ2n) is 9.13. The highest BCUT2D eigenvalue weighted by Gasteiger charge is 2.67. The van der Waals surface area contributed by atoms with Crippen molar-refractivity contribution in [2.45, 2.75) is 58.7 Å². The fraction of sp³-hybridized carbons (Fsp3) is 0.778. The highest BCUT2D eigenvalue weighted by molar-refractivity contribution is 5.67. The standard InChI is InChI=1S/C18H28N4O2/c1-16(2,3)24-15(23)20-12-17-9-18(10-17,11-17)13-21-6-7-22-5-4-19-14(22)8-21/h4-5H,6-13H2,1-3H3,(H,20,23). The molecule has 3 fully saturated rings. The molecule has 2 bridgehead atoms. The first kappa shape index (κ1) is 15.9. The Morgan fingerprint density at radius 2 is 2.04 bits per heavy atom. The van der Waals surface area contributed by atoms with Gasteiger partial charge in [0.25, 0.3) is 0 Å². The van der Waals surface area contributed by atoms with E-state index in [1.165, 1.54) is 31.6 Å². The topological polar surface area (TPSA) is 59.4 Å². The first-order valence-electron chi connectivity index (χ1n) is 8.96. The largest absolute Gasteiger partial charge is 0.444 e. The van der Waals surface area contributed by atoms with Crippen LogP contribution in [0.2, 0.25) is 0 Å². The maximum Gasteiger partial charge on any atom is 0.407 e. The number of fused-ring (bicyclic) bond motifs is 1. The molecule has 1 amide bonds. The van der Waals surface area contributed by atoms with Crippen LogP contribution in [-0.2, 0) is 17.8 Å². The minimum absolute atomic E-state index is 0.288. The molecule has 0 aromatic carbocycles. The molecule has 6 nitrogen and oxygen atoms in total. The molecule has 1 aromatic heterocycles. The van der Waals surface area contributed by atoms with E-state index in [0.29, 0.717) is 10.8 Å². The van der Waals surface area contributed by atoms with E-state index >= 15 is 0 Å². The Hall–Kier alpha value is -1.56. The molecule has 24 heavy (non-hydrogen) atoms. The minimum atomic E-state index is -0.426. The molecule has 0 spiro atoms. The van der Waals surface area contributed by atoms with E-state index in [1.54, 1.807) is 0 Å². The normalized spacial score (nSPS) is 31.6. The van der Waals surface area contributed by atoms with Crippen LogP contribution in [0.5, 0.6) is 0 Å². The molecule has 4 aliphatic rings. The van der Waals surface area contributed by atoms with E-state index in [0.717, 1.165) is 26.2 Å². The van der Waals surface area contributed by atoms with Crippen LogP contribution in [0.25, 0.3) is 0 Å². The molecule has 132 valence electrons. The quantitative estimate of drug-likeness (QED) is 0.920. The summed E-state index contributed by atoms with van der Waals surface area (Å²) in [6.45, 7) is 10.8. The zero-order chi connectivity index (χ0) is 17.0. The Labute approximate surface area is 143 Å². The number of alkyl carbamates (subject to hydrolysis) is 1. The van der Waals surface area contributed by atoms with Crippen LogP contribution in [0.4, 0.5) is 4.79 Å². The van der Waals surface area contributed by atoms with Crippen molar-refractivity contribution < 1.29 is 9.53 Å². The average molecular weight is 332 g/mol. The lowest BCUT2D eigenvalue weighted by atomic mass is 9.35. The van der Waals surface area contributed by atoms with Crippen molar-refractivity contribution in [3.63, 3.8) is 0 Å². The summed E-state index contributed by atoms with van der Waals surface area (Å²) in [5.41, 5.74) is 0.403. The number of carbonyl (C=O) groups excluding carboxylic acids is 1. The lowest BCUT2D eigenvalue weighted by Crippen LogP contribution is -2.69. The van der Waals surface area contributed by atoms with Crippen molar-refractivity contribution >= 4 is 6.09 Å². The molecule has 1 N–H and O–H groups in total. The number of nitrogens with one attached hydrogen (secondary N) is 1. The predicted molar refractivity (Wildman–Crippen MR) is 90.5 cm³/mol. The van der Waals surface area contributed by atoms with Gasteiger partial charge in [-0.3, -0.25) is 4.90 Å². The number of ether oxygens (including phenoxy) is 1. The number of rotatable bonds is 4. The number of amides is 1. The van der Waals surface area contributed by atoms with E-state index in [2.05, 4.69) is 26.0 Å². The fourth-order valence-electron chi connectivity index (χ4n) is 4.99. The number of nitrogens with zero attached hydrogens (tertiary/aromatic N) is 3. The minimum Gasteiger partial charge on any atom is -0.444 e. The van der Waals surface area contributed by atoms with Gasteiger partial charge in [-0.05, 0) is 50.9 Å². The first-order chi connectivity index (χ1) is 11.3. The Kier molecular flexibility index (Phi) is 3.46. The lowest BCUT2D eigenvalue weighted by molar-refractivity contribution is -0.211. The van der Waals surface area contributed by atoms with E-state index < -0.39 is 5.60 Å². The highest BCUT2D eigenvalue weighted by atomic mass is 16.6. The predicted octanol–water partition coefficient (Wildman–Crippen LogP) is 2.39. The van der Waals surface area contributed by atoms with Gasteiger partial charge in [0.15, 0.2) is 0 Å². The summed E-state index contributed by atoms with van der Waals surface area (Å²) in [4.78, 5) is 18.8. The third-order valence-electron chi connectivity index (χ3n) is 5.64. The van der Waals surface area contributed by atoms with Gasteiger partial charge in [-0.15, -0.1) is 0 Å². The molecule has 3 saturated carbocycles. The number of aromatic nitrogens is 2. The molecule has 0 atom stereocenters. The number of hydrogen-bond acceptors (Lipinski definition) is 4.